The van der Waals surface area contributed by atoms with Gasteiger partial charge in [0.25, 0.3) is 0 Å². The van der Waals surface area contributed by atoms with Gasteiger partial charge in [0, 0.05) is 30.4 Å². The van der Waals surface area contributed by atoms with E-state index in [1.54, 1.807) is 12.1 Å². The first kappa shape index (κ1) is 20.2. The van der Waals surface area contributed by atoms with Crippen molar-refractivity contribution in [3.05, 3.63) is 36.4 Å². The van der Waals surface area contributed by atoms with Crippen molar-refractivity contribution in [2.24, 2.45) is 5.92 Å². The number of anilines is 1. The lowest BCUT2D eigenvalue weighted by molar-refractivity contribution is -0.139. The van der Waals surface area contributed by atoms with E-state index in [2.05, 4.69) is 22.1 Å². The Kier molecular flexibility index (Phi) is 6.57. The molecule has 7 heteroatoms. The molecule has 28 heavy (non-hydrogen) atoms. The summed E-state index contributed by atoms with van der Waals surface area (Å²) in [5.41, 5.74) is 1.59. The quantitative estimate of drug-likeness (QED) is 0.537. The maximum absolute atomic E-state index is 12.3. The third-order valence-electron chi connectivity index (χ3n) is 5.07. The van der Waals surface area contributed by atoms with Gasteiger partial charge in [-0.25, -0.2) is 4.79 Å². The highest BCUT2D eigenvalue weighted by atomic mass is 16.5. The Hall–Kier alpha value is -2.54. The predicted octanol–water partition coefficient (Wildman–Crippen LogP) is 3.09. The highest BCUT2D eigenvalue weighted by Crippen LogP contribution is 2.33. The van der Waals surface area contributed by atoms with Gasteiger partial charge in [0.05, 0.1) is 6.54 Å². The second kappa shape index (κ2) is 9.10. The molecule has 0 saturated heterocycles. The summed E-state index contributed by atoms with van der Waals surface area (Å²) < 4.78 is 5.59. The normalized spacial score (nSPS) is 20.9. The number of ether oxygens (including phenoxy) is 1. The third-order valence-corrected chi connectivity index (χ3v) is 5.07. The van der Waals surface area contributed by atoms with Crippen molar-refractivity contribution in [2.45, 2.75) is 44.7 Å². The molecule has 7 nitrogen and oxygen atoms in total. The fourth-order valence-electron chi connectivity index (χ4n) is 3.38. The number of carbonyl (C=O) groups is 2. The molecule has 3 N–H and O–H groups in total. The molecule has 0 heterocycles. The van der Waals surface area contributed by atoms with Crippen LogP contribution in [0.25, 0.3) is 0 Å². The van der Waals surface area contributed by atoms with E-state index in [1.165, 1.54) is 12.8 Å². The number of nitrogens with zero attached hydrogens (tertiary/aromatic N) is 1. The number of hydrogen-bond acceptors (Lipinski definition) is 4. The Bertz CT molecular complexity index is 726. The molecule has 2 aliphatic rings. The number of hydrogen-bond donors (Lipinski definition) is 3. The van der Waals surface area contributed by atoms with Gasteiger partial charge in [0.15, 0.2) is 0 Å². The fourth-order valence-corrected chi connectivity index (χ4v) is 3.38. The molecule has 2 amide bonds. The van der Waals surface area contributed by atoms with Crippen LogP contribution in [-0.2, 0) is 4.79 Å². The van der Waals surface area contributed by atoms with Gasteiger partial charge in [-0.3, -0.25) is 9.69 Å². The van der Waals surface area contributed by atoms with Gasteiger partial charge in [-0.1, -0.05) is 12.6 Å². The van der Waals surface area contributed by atoms with Crippen molar-refractivity contribution in [1.82, 2.24) is 10.2 Å². The number of carboxylic acid groups (broad SMARTS) is 1. The first-order chi connectivity index (χ1) is 13.4. The number of urea groups is 1. The summed E-state index contributed by atoms with van der Waals surface area (Å²) >= 11 is 0. The van der Waals surface area contributed by atoms with Crippen LogP contribution in [0.2, 0.25) is 0 Å². The molecule has 0 unspecified atom stereocenters. The van der Waals surface area contributed by atoms with Crippen molar-refractivity contribution in [3.8, 4) is 5.75 Å². The molecule has 152 valence electrons. The molecule has 0 radical (unpaired) electrons. The SMILES string of the molecule is C=C(C)COc1cccc(NC(=O)NC2CC(N(CC(=O)O)CC3CC3)C2)c1. The molecule has 0 spiro atoms. The minimum atomic E-state index is -0.788. The third kappa shape index (κ3) is 6.27. The van der Waals surface area contributed by atoms with Gasteiger partial charge in [0.1, 0.15) is 12.4 Å². The monoisotopic (exact) mass is 387 g/mol. The van der Waals surface area contributed by atoms with Crippen molar-refractivity contribution in [2.75, 3.05) is 25.0 Å². The average Bonchev–Trinajstić information content (AvgIpc) is 3.39. The maximum Gasteiger partial charge on any atom is 0.319 e. The number of aliphatic carboxylic acids is 1. The van der Waals surface area contributed by atoms with Gasteiger partial charge in [0.2, 0.25) is 0 Å². The molecule has 2 saturated carbocycles. The van der Waals surface area contributed by atoms with E-state index in [0.717, 1.165) is 25.0 Å². The lowest BCUT2D eigenvalue weighted by atomic mass is 9.85. The molecular formula is C21H29N3O4. The molecule has 1 aromatic carbocycles. The molecule has 2 fully saturated rings. The van der Waals surface area contributed by atoms with Gasteiger partial charge in [-0.15, -0.1) is 0 Å². The zero-order valence-electron chi connectivity index (χ0n) is 16.3. The fraction of sp³-hybridized carbons (Fsp3) is 0.524. The van der Waals surface area contributed by atoms with Gasteiger partial charge >= 0.3 is 12.0 Å². The summed E-state index contributed by atoms with van der Waals surface area (Å²) in [6, 6.07) is 7.29. The van der Waals surface area contributed by atoms with Crippen LogP contribution in [0.5, 0.6) is 5.75 Å². The minimum Gasteiger partial charge on any atom is -0.489 e. The van der Waals surface area contributed by atoms with Gasteiger partial charge < -0.3 is 20.5 Å². The zero-order valence-corrected chi connectivity index (χ0v) is 16.3. The number of amides is 2. The van der Waals surface area contributed by atoms with Crippen LogP contribution in [0.4, 0.5) is 10.5 Å². The number of nitrogens with one attached hydrogen (secondary N) is 2. The largest absolute Gasteiger partial charge is 0.489 e. The van der Waals surface area contributed by atoms with Crippen LogP contribution in [0.3, 0.4) is 0 Å². The van der Waals surface area contributed by atoms with Gasteiger partial charge in [-0.05, 0) is 56.2 Å². The molecule has 0 aliphatic heterocycles. The highest BCUT2D eigenvalue weighted by molar-refractivity contribution is 5.89. The van der Waals surface area contributed by atoms with E-state index in [1.807, 2.05) is 19.1 Å². The zero-order chi connectivity index (χ0) is 20.1. The van der Waals surface area contributed by atoms with Crippen molar-refractivity contribution in [3.63, 3.8) is 0 Å². The van der Waals surface area contributed by atoms with Crippen molar-refractivity contribution >= 4 is 17.7 Å². The highest BCUT2D eigenvalue weighted by Gasteiger charge is 2.37. The second-order valence-electron chi connectivity index (χ2n) is 7.96. The standard InChI is InChI=1S/C21H29N3O4/c1-14(2)13-28-19-5-3-4-16(10-19)22-21(27)23-17-8-18(9-17)24(12-20(25)26)11-15-6-7-15/h3-5,10,15,17-18H,1,6-9,11-13H2,2H3,(H,25,26)(H2,22,23,27). The minimum absolute atomic E-state index is 0.0725. The number of benzene rings is 1. The molecule has 0 aromatic heterocycles. The summed E-state index contributed by atoms with van der Waals surface area (Å²) in [5.74, 6) is 0.534. The molecule has 0 bridgehead atoms. The lowest BCUT2D eigenvalue weighted by Gasteiger charge is -2.42. The van der Waals surface area contributed by atoms with Gasteiger partial charge in [-0.2, -0.15) is 0 Å². The van der Waals surface area contributed by atoms with Crippen LogP contribution in [0, 0.1) is 5.92 Å². The molecule has 0 atom stereocenters. The summed E-state index contributed by atoms with van der Waals surface area (Å²) in [6.07, 6.45) is 3.97. The topological polar surface area (TPSA) is 90.9 Å². The molecule has 2 aliphatic carbocycles. The van der Waals surface area contributed by atoms with E-state index in [0.29, 0.717) is 24.0 Å². The Morgan fingerprint density at radius 1 is 1.32 bits per heavy atom. The number of carbonyl (C=O) groups excluding carboxylic acids is 1. The predicted molar refractivity (Wildman–Crippen MR) is 108 cm³/mol. The summed E-state index contributed by atoms with van der Waals surface area (Å²) in [5, 5.41) is 14.9. The lowest BCUT2D eigenvalue weighted by Crippen LogP contribution is -2.55. The van der Waals surface area contributed by atoms with E-state index in [4.69, 9.17) is 9.84 Å². The summed E-state index contributed by atoms with van der Waals surface area (Å²) in [7, 11) is 0. The summed E-state index contributed by atoms with van der Waals surface area (Å²) in [6.45, 7) is 7.07. The smallest absolute Gasteiger partial charge is 0.319 e. The van der Waals surface area contributed by atoms with Crippen LogP contribution in [-0.4, -0.2) is 53.8 Å². The Morgan fingerprint density at radius 2 is 2.07 bits per heavy atom. The van der Waals surface area contributed by atoms with E-state index in [-0.39, 0.29) is 24.7 Å². The Morgan fingerprint density at radius 3 is 2.71 bits per heavy atom. The first-order valence-corrected chi connectivity index (χ1v) is 9.79. The van der Waals surface area contributed by atoms with E-state index >= 15 is 0 Å². The average molecular weight is 387 g/mol. The Labute approximate surface area is 165 Å². The van der Waals surface area contributed by atoms with Crippen LogP contribution in [0.15, 0.2) is 36.4 Å². The number of rotatable bonds is 10. The molecule has 3 rings (SSSR count). The first-order valence-electron chi connectivity index (χ1n) is 9.79. The summed E-state index contributed by atoms with van der Waals surface area (Å²) in [4.78, 5) is 25.4. The van der Waals surface area contributed by atoms with Crippen LogP contribution < -0.4 is 15.4 Å². The van der Waals surface area contributed by atoms with E-state index < -0.39 is 5.97 Å². The van der Waals surface area contributed by atoms with E-state index in [9.17, 15) is 9.59 Å². The van der Waals surface area contributed by atoms with Crippen molar-refractivity contribution < 1.29 is 19.4 Å². The number of carboxylic acids is 1. The van der Waals surface area contributed by atoms with Crippen LogP contribution >= 0.6 is 0 Å². The molecule has 1 aromatic rings. The molecular weight excluding hydrogens is 358 g/mol. The maximum atomic E-state index is 12.3. The van der Waals surface area contributed by atoms with Crippen molar-refractivity contribution in [1.29, 1.82) is 0 Å². The second-order valence-corrected chi connectivity index (χ2v) is 7.96. The Balaban J connectivity index is 1.43. The van der Waals surface area contributed by atoms with Crippen LogP contribution in [0.1, 0.15) is 32.6 Å².